The Bertz CT molecular complexity index is 387. The fourth-order valence-electron chi connectivity index (χ4n) is 2.47. The Kier molecular flexibility index (Phi) is 4.33. The molecule has 1 aliphatic rings. The van der Waals surface area contributed by atoms with Crippen molar-refractivity contribution in [3.8, 4) is 0 Å². The first-order chi connectivity index (χ1) is 8.53. The molecule has 1 heterocycles. The molecule has 0 unspecified atom stereocenters. The number of rotatable bonds is 6. The maximum absolute atomic E-state index is 6.07. The molecule has 0 aromatic carbocycles. The summed E-state index contributed by atoms with van der Waals surface area (Å²) in [4.78, 5) is 0. The third-order valence-electron chi connectivity index (χ3n) is 3.24. The molecule has 1 aromatic rings. The molecule has 0 bridgehead atoms. The zero-order valence-electron chi connectivity index (χ0n) is 11.7. The molecule has 0 N–H and O–H groups in total. The fourth-order valence-corrected chi connectivity index (χ4v) is 3.42. The molecule has 2 nitrogen and oxygen atoms in total. The quantitative estimate of drug-likeness (QED) is 0.692. The number of aryl methyl sites for hydroxylation is 1. The van der Waals surface area contributed by atoms with Crippen molar-refractivity contribution in [1.29, 1.82) is 0 Å². The Hall–Kier alpha value is -0.963. The van der Waals surface area contributed by atoms with Crippen LogP contribution in [0.25, 0.3) is 0 Å². The Morgan fingerprint density at radius 3 is 2.89 bits per heavy atom. The summed E-state index contributed by atoms with van der Waals surface area (Å²) in [5.74, 6) is 1.98. The van der Waals surface area contributed by atoms with Gasteiger partial charge in [-0.05, 0) is 68.9 Å². The first-order valence-electron chi connectivity index (χ1n) is 6.94. The first kappa shape index (κ1) is 13.5. The van der Waals surface area contributed by atoms with E-state index in [9.17, 15) is 0 Å². The minimum absolute atomic E-state index is 0.725. The van der Waals surface area contributed by atoms with Crippen LogP contribution >= 0.6 is 0 Å². The third kappa shape index (κ3) is 4.37. The number of hydrogen-bond donors (Lipinski definition) is 0. The lowest BCUT2D eigenvalue weighted by Crippen LogP contribution is -2.24. The number of allylic oxidation sites excluding steroid dienone is 2. The monoisotopic (exact) mass is 264 g/mol. The molecule has 100 valence electrons. The summed E-state index contributed by atoms with van der Waals surface area (Å²) in [6, 6.07) is 2.06. The third-order valence-corrected chi connectivity index (χ3v) is 4.12. The second-order valence-electron chi connectivity index (χ2n) is 6.17. The van der Waals surface area contributed by atoms with E-state index in [4.69, 9.17) is 8.84 Å². The molecule has 1 atom stereocenters. The van der Waals surface area contributed by atoms with Crippen LogP contribution in [-0.4, -0.2) is 8.32 Å². The highest BCUT2D eigenvalue weighted by molar-refractivity contribution is 6.70. The molecule has 0 spiro atoms. The second-order valence-corrected chi connectivity index (χ2v) is 10.6. The summed E-state index contributed by atoms with van der Waals surface area (Å²) in [5.41, 5.74) is 1.32. The lowest BCUT2D eigenvalue weighted by molar-refractivity contribution is 0.407. The van der Waals surface area contributed by atoms with Gasteiger partial charge in [-0.1, -0.05) is 0 Å². The van der Waals surface area contributed by atoms with E-state index < -0.39 is 8.32 Å². The normalized spacial score (nSPS) is 19.9. The Morgan fingerprint density at radius 1 is 1.39 bits per heavy atom. The van der Waals surface area contributed by atoms with Crippen molar-refractivity contribution in [2.75, 3.05) is 0 Å². The fraction of sp³-hybridized carbons (Fsp3) is 0.600. The molecular formula is C15H24O2Si. The Morgan fingerprint density at radius 2 is 2.22 bits per heavy atom. The summed E-state index contributed by atoms with van der Waals surface area (Å²) in [6.07, 6.45) is 12.0. The largest absolute Gasteiger partial charge is 0.548 e. The van der Waals surface area contributed by atoms with Gasteiger partial charge in [0.05, 0.1) is 18.3 Å². The van der Waals surface area contributed by atoms with Gasteiger partial charge in [-0.2, -0.15) is 0 Å². The van der Waals surface area contributed by atoms with Gasteiger partial charge >= 0.3 is 0 Å². The van der Waals surface area contributed by atoms with E-state index in [0.717, 1.165) is 18.8 Å². The lowest BCUT2D eigenvalue weighted by Gasteiger charge is -2.19. The maximum atomic E-state index is 6.07. The summed E-state index contributed by atoms with van der Waals surface area (Å²) >= 11 is 0. The zero-order valence-corrected chi connectivity index (χ0v) is 12.7. The van der Waals surface area contributed by atoms with Crippen molar-refractivity contribution in [1.82, 2.24) is 0 Å². The summed E-state index contributed by atoms with van der Waals surface area (Å²) in [5, 5.41) is 0. The van der Waals surface area contributed by atoms with E-state index in [2.05, 4.69) is 31.8 Å². The van der Waals surface area contributed by atoms with E-state index in [1.54, 1.807) is 6.26 Å². The smallest absolute Gasteiger partial charge is 0.241 e. The maximum Gasteiger partial charge on any atom is 0.241 e. The summed E-state index contributed by atoms with van der Waals surface area (Å²) < 4.78 is 11.1. The average molecular weight is 264 g/mol. The van der Waals surface area contributed by atoms with E-state index in [1.165, 1.54) is 30.6 Å². The van der Waals surface area contributed by atoms with Crippen LogP contribution in [0.1, 0.15) is 31.2 Å². The molecule has 0 amide bonds. The molecular weight excluding hydrogens is 240 g/mol. The lowest BCUT2D eigenvalue weighted by atomic mass is 10.0. The standard InChI is InChI=1S/C15H24O2Si/c1-18(2,3)17-15-8-7-13(11-15)5-4-6-14-9-10-16-12-14/h9-13H,4-8H2,1-3H3/t13-/m0/s1. The molecule has 1 aliphatic carbocycles. The van der Waals surface area contributed by atoms with Gasteiger partial charge in [-0.3, -0.25) is 0 Å². The van der Waals surface area contributed by atoms with Crippen molar-refractivity contribution in [2.24, 2.45) is 5.92 Å². The SMILES string of the molecule is C[Si](C)(C)OC1=C[C@@H](CCCc2ccoc2)CC1. The van der Waals surface area contributed by atoms with E-state index in [-0.39, 0.29) is 0 Å². The first-order valence-corrected chi connectivity index (χ1v) is 10.3. The molecule has 0 fully saturated rings. The van der Waals surface area contributed by atoms with Crippen LogP contribution in [0.5, 0.6) is 0 Å². The minimum Gasteiger partial charge on any atom is -0.548 e. The van der Waals surface area contributed by atoms with Crippen LogP contribution in [0.4, 0.5) is 0 Å². The predicted octanol–water partition coefficient (Wildman–Crippen LogP) is 4.75. The Balaban J connectivity index is 1.72. The minimum atomic E-state index is -1.41. The van der Waals surface area contributed by atoms with Gasteiger partial charge in [0, 0.05) is 6.42 Å². The van der Waals surface area contributed by atoms with Crippen LogP contribution in [0.3, 0.4) is 0 Å². The van der Waals surface area contributed by atoms with Crippen molar-refractivity contribution in [3.63, 3.8) is 0 Å². The van der Waals surface area contributed by atoms with Crippen LogP contribution < -0.4 is 0 Å². The molecule has 3 heteroatoms. The van der Waals surface area contributed by atoms with Gasteiger partial charge in [-0.15, -0.1) is 0 Å². The van der Waals surface area contributed by atoms with Crippen molar-refractivity contribution in [3.05, 3.63) is 36.0 Å². The molecule has 0 saturated heterocycles. The average Bonchev–Trinajstić information content (AvgIpc) is 2.88. The van der Waals surface area contributed by atoms with Gasteiger partial charge in [0.15, 0.2) is 0 Å². The predicted molar refractivity (Wildman–Crippen MR) is 76.9 cm³/mol. The van der Waals surface area contributed by atoms with Gasteiger partial charge in [0.25, 0.3) is 0 Å². The summed E-state index contributed by atoms with van der Waals surface area (Å²) in [6.45, 7) is 6.75. The molecule has 0 saturated carbocycles. The van der Waals surface area contributed by atoms with Crippen molar-refractivity contribution < 1.29 is 8.84 Å². The molecule has 0 radical (unpaired) electrons. The molecule has 2 rings (SSSR count). The van der Waals surface area contributed by atoms with Crippen molar-refractivity contribution >= 4 is 8.32 Å². The number of hydrogen-bond acceptors (Lipinski definition) is 2. The highest BCUT2D eigenvalue weighted by Crippen LogP contribution is 2.30. The van der Waals surface area contributed by atoms with Crippen LogP contribution in [0.2, 0.25) is 19.6 Å². The Labute approximate surface area is 111 Å². The second kappa shape index (κ2) is 5.78. The van der Waals surface area contributed by atoms with Gasteiger partial charge < -0.3 is 8.84 Å². The van der Waals surface area contributed by atoms with Gasteiger partial charge in [0.2, 0.25) is 8.32 Å². The van der Waals surface area contributed by atoms with Gasteiger partial charge in [-0.25, -0.2) is 0 Å². The van der Waals surface area contributed by atoms with E-state index in [1.807, 2.05) is 6.26 Å². The zero-order chi connectivity index (χ0) is 13.0. The van der Waals surface area contributed by atoms with E-state index >= 15 is 0 Å². The number of furan rings is 1. The molecule has 0 aliphatic heterocycles. The molecule has 1 aromatic heterocycles. The van der Waals surface area contributed by atoms with Crippen LogP contribution in [-0.2, 0) is 10.8 Å². The van der Waals surface area contributed by atoms with Gasteiger partial charge in [0.1, 0.15) is 0 Å². The van der Waals surface area contributed by atoms with Crippen LogP contribution in [0.15, 0.2) is 34.8 Å². The van der Waals surface area contributed by atoms with E-state index in [0.29, 0.717) is 0 Å². The van der Waals surface area contributed by atoms with Crippen molar-refractivity contribution in [2.45, 2.75) is 51.7 Å². The highest BCUT2D eigenvalue weighted by atomic mass is 28.4. The molecule has 18 heavy (non-hydrogen) atoms. The van der Waals surface area contributed by atoms with Crippen LogP contribution in [0, 0.1) is 5.92 Å². The topological polar surface area (TPSA) is 22.4 Å². The highest BCUT2D eigenvalue weighted by Gasteiger charge is 2.22. The summed E-state index contributed by atoms with van der Waals surface area (Å²) in [7, 11) is -1.41.